The minimum Gasteiger partial charge on any atom is -0.506 e. The van der Waals surface area contributed by atoms with E-state index in [0.29, 0.717) is 6.04 Å². The Bertz CT molecular complexity index is 526. The Kier molecular flexibility index (Phi) is 2.11. The van der Waals surface area contributed by atoms with Crippen molar-refractivity contribution in [2.24, 2.45) is 0 Å². The number of fused-ring (bicyclic) bond motifs is 1. The molecule has 16 heavy (non-hydrogen) atoms. The van der Waals surface area contributed by atoms with Gasteiger partial charge in [0.25, 0.3) is 0 Å². The van der Waals surface area contributed by atoms with Gasteiger partial charge in [-0.1, -0.05) is 0 Å². The first-order valence-electron chi connectivity index (χ1n) is 5.66. The Morgan fingerprint density at radius 3 is 3.12 bits per heavy atom. The highest BCUT2D eigenvalue weighted by Crippen LogP contribution is 2.26. The smallest absolute Gasteiger partial charge is 0.137 e. The molecule has 1 aliphatic rings. The molecular formula is C12H15N3O. The number of nitrogens with one attached hydrogen (secondary N) is 1. The molecule has 84 valence electrons. The fraction of sp³-hybridized carbons (Fsp3) is 0.417. The van der Waals surface area contributed by atoms with Gasteiger partial charge in [0.2, 0.25) is 0 Å². The van der Waals surface area contributed by atoms with E-state index in [0.717, 1.165) is 30.0 Å². The van der Waals surface area contributed by atoms with E-state index in [2.05, 4.69) is 17.2 Å². The number of rotatable bonds is 1. The maximum absolute atomic E-state index is 9.47. The largest absolute Gasteiger partial charge is 0.506 e. The van der Waals surface area contributed by atoms with E-state index in [1.807, 2.05) is 10.5 Å². The molecule has 0 bridgehead atoms. The molecule has 0 saturated carbocycles. The van der Waals surface area contributed by atoms with Crippen molar-refractivity contribution in [3.63, 3.8) is 0 Å². The topological polar surface area (TPSA) is 49.6 Å². The molecular weight excluding hydrogens is 202 g/mol. The lowest BCUT2D eigenvalue weighted by molar-refractivity contribution is 0.471. The third-order valence-electron chi connectivity index (χ3n) is 3.27. The molecule has 1 fully saturated rings. The minimum absolute atomic E-state index is 0.277. The van der Waals surface area contributed by atoms with Gasteiger partial charge in [-0.2, -0.15) is 0 Å². The van der Waals surface area contributed by atoms with Gasteiger partial charge < -0.3 is 14.8 Å². The summed E-state index contributed by atoms with van der Waals surface area (Å²) < 4.78 is 1.95. The normalized spacial score (nSPS) is 20.7. The number of pyridine rings is 1. The van der Waals surface area contributed by atoms with E-state index < -0.39 is 0 Å². The van der Waals surface area contributed by atoms with Gasteiger partial charge >= 0.3 is 0 Å². The first kappa shape index (κ1) is 9.66. The molecule has 1 saturated heterocycles. The summed E-state index contributed by atoms with van der Waals surface area (Å²) in [5.74, 6) is 0.277. The third-order valence-corrected chi connectivity index (χ3v) is 3.27. The molecule has 0 aromatic carbocycles. The maximum atomic E-state index is 9.47. The zero-order valence-electron chi connectivity index (χ0n) is 9.27. The van der Waals surface area contributed by atoms with Crippen molar-refractivity contribution in [1.29, 1.82) is 0 Å². The van der Waals surface area contributed by atoms with E-state index in [4.69, 9.17) is 0 Å². The van der Waals surface area contributed by atoms with Crippen molar-refractivity contribution >= 4 is 5.65 Å². The van der Waals surface area contributed by atoms with Gasteiger partial charge in [0.05, 0.1) is 17.9 Å². The molecule has 0 amide bonds. The lowest BCUT2D eigenvalue weighted by atomic mass is 10.1. The van der Waals surface area contributed by atoms with E-state index >= 15 is 0 Å². The van der Waals surface area contributed by atoms with Crippen molar-refractivity contribution in [3.05, 3.63) is 29.7 Å². The van der Waals surface area contributed by atoms with Gasteiger partial charge in [-0.3, -0.25) is 0 Å². The number of imidazole rings is 1. The van der Waals surface area contributed by atoms with Crippen LogP contribution in [0.5, 0.6) is 5.75 Å². The molecule has 3 rings (SSSR count). The van der Waals surface area contributed by atoms with E-state index in [1.54, 1.807) is 12.3 Å². The second-order valence-electron chi connectivity index (χ2n) is 4.35. The fourth-order valence-corrected chi connectivity index (χ4v) is 2.42. The molecule has 0 spiro atoms. The molecule has 3 heterocycles. The summed E-state index contributed by atoms with van der Waals surface area (Å²) in [4.78, 5) is 4.62. The quantitative estimate of drug-likeness (QED) is 0.765. The van der Waals surface area contributed by atoms with Gasteiger partial charge in [-0.05, 0) is 38.4 Å². The molecule has 4 heteroatoms. The number of aromatic hydroxyl groups is 1. The molecule has 0 radical (unpaired) electrons. The average molecular weight is 217 g/mol. The summed E-state index contributed by atoms with van der Waals surface area (Å²) in [7, 11) is 0. The fourth-order valence-electron chi connectivity index (χ4n) is 2.42. The van der Waals surface area contributed by atoms with Crippen LogP contribution >= 0.6 is 0 Å². The Morgan fingerprint density at radius 2 is 2.38 bits per heavy atom. The number of hydrogen-bond donors (Lipinski definition) is 2. The molecule has 2 N–H and O–H groups in total. The maximum Gasteiger partial charge on any atom is 0.137 e. The van der Waals surface area contributed by atoms with Crippen LogP contribution in [-0.2, 0) is 0 Å². The highest BCUT2D eigenvalue weighted by atomic mass is 16.3. The molecule has 1 unspecified atom stereocenters. The molecule has 2 aromatic heterocycles. The summed E-state index contributed by atoms with van der Waals surface area (Å²) in [6.07, 6.45) is 4.08. The van der Waals surface area contributed by atoms with Gasteiger partial charge in [-0.25, -0.2) is 4.98 Å². The predicted octanol–water partition coefficient (Wildman–Crippen LogP) is 1.77. The van der Waals surface area contributed by atoms with Gasteiger partial charge in [0.15, 0.2) is 0 Å². The average Bonchev–Trinajstić information content (AvgIpc) is 2.87. The SMILES string of the molecule is Cc1c(C2CCCN2)nc2ccc(O)cn12. The van der Waals surface area contributed by atoms with Crippen LogP contribution in [0.1, 0.15) is 30.3 Å². The molecule has 1 atom stereocenters. The first-order chi connectivity index (χ1) is 7.75. The van der Waals surface area contributed by atoms with Crippen LogP contribution in [-0.4, -0.2) is 21.0 Å². The summed E-state index contributed by atoms with van der Waals surface area (Å²) >= 11 is 0. The first-order valence-corrected chi connectivity index (χ1v) is 5.66. The van der Waals surface area contributed by atoms with Crippen molar-refractivity contribution in [3.8, 4) is 5.75 Å². The second-order valence-corrected chi connectivity index (χ2v) is 4.35. The van der Waals surface area contributed by atoms with Crippen LogP contribution in [0.15, 0.2) is 18.3 Å². The van der Waals surface area contributed by atoms with Crippen molar-refractivity contribution < 1.29 is 5.11 Å². The highest BCUT2D eigenvalue weighted by Gasteiger charge is 2.21. The second kappa shape index (κ2) is 3.49. The van der Waals surface area contributed by atoms with Crippen molar-refractivity contribution in [2.75, 3.05) is 6.54 Å². The highest BCUT2D eigenvalue weighted by molar-refractivity contribution is 5.46. The van der Waals surface area contributed by atoms with Crippen LogP contribution in [0.4, 0.5) is 0 Å². The van der Waals surface area contributed by atoms with E-state index in [9.17, 15) is 5.11 Å². The molecule has 0 aliphatic carbocycles. The summed E-state index contributed by atoms with van der Waals surface area (Å²) in [6, 6.07) is 3.90. The Balaban J connectivity index is 2.15. The number of aryl methyl sites for hydroxylation is 1. The Morgan fingerprint density at radius 1 is 1.50 bits per heavy atom. The van der Waals surface area contributed by atoms with Crippen LogP contribution < -0.4 is 5.32 Å². The van der Waals surface area contributed by atoms with Crippen molar-refractivity contribution in [2.45, 2.75) is 25.8 Å². The predicted molar refractivity (Wildman–Crippen MR) is 61.6 cm³/mol. The standard InChI is InChI=1S/C12H15N3O/c1-8-12(10-3-2-6-13-10)14-11-5-4-9(16)7-15(8)11/h4-5,7,10,13,16H,2-3,6H2,1H3. The zero-order valence-corrected chi connectivity index (χ0v) is 9.27. The van der Waals surface area contributed by atoms with Crippen LogP contribution in [0, 0.1) is 6.92 Å². The summed E-state index contributed by atoms with van der Waals surface area (Å²) in [5, 5.41) is 12.9. The van der Waals surface area contributed by atoms with E-state index in [-0.39, 0.29) is 5.75 Å². The Labute approximate surface area is 93.9 Å². The zero-order chi connectivity index (χ0) is 11.1. The lowest BCUT2D eigenvalue weighted by Crippen LogP contribution is -2.14. The van der Waals surface area contributed by atoms with Gasteiger partial charge in [0, 0.05) is 5.69 Å². The third kappa shape index (κ3) is 1.38. The van der Waals surface area contributed by atoms with Gasteiger partial charge in [-0.15, -0.1) is 0 Å². The van der Waals surface area contributed by atoms with Crippen LogP contribution in [0.25, 0.3) is 5.65 Å². The van der Waals surface area contributed by atoms with E-state index in [1.165, 1.54) is 6.42 Å². The lowest BCUT2D eigenvalue weighted by Gasteiger charge is -2.07. The molecule has 4 nitrogen and oxygen atoms in total. The van der Waals surface area contributed by atoms with Crippen LogP contribution in [0.2, 0.25) is 0 Å². The Hall–Kier alpha value is -1.55. The van der Waals surface area contributed by atoms with Gasteiger partial charge in [0.1, 0.15) is 11.4 Å². The number of nitrogens with zero attached hydrogens (tertiary/aromatic N) is 2. The van der Waals surface area contributed by atoms with Crippen molar-refractivity contribution in [1.82, 2.24) is 14.7 Å². The monoisotopic (exact) mass is 217 g/mol. The summed E-state index contributed by atoms with van der Waals surface area (Å²) in [5.41, 5.74) is 3.13. The number of aromatic nitrogens is 2. The minimum atomic E-state index is 0.277. The number of hydrogen-bond acceptors (Lipinski definition) is 3. The summed E-state index contributed by atoms with van der Waals surface area (Å²) in [6.45, 7) is 3.12. The molecule has 2 aromatic rings. The molecule has 1 aliphatic heterocycles. The van der Waals surface area contributed by atoms with Crippen LogP contribution in [0.3, 0.4) is 0 Å².